The molecule has 0 aliphatic heterocycles. The van der Waals surface area contributed by atoms with Crippen molar-refractivity contribution in [2.45, 2.75) is 18.3 Å². The molecular formula is C23H22O6. The average molecular weight is 394 g/mol. The zero-order valence-corrected chi connectivity index (χ0v) is 16.8. The molecule has 2 bridgehead atoms. The van der Waals surface area contributed by atoms with Crippen LogP contribution < -0.4 is 9.47 Å². The molecule has 0 saturated heterocycles. The summed E-state index contributed by atoms with van der Waals surface area (Å²) >= 11 is 0. The number of benzene rings is 2. The molecule has 150 valence electrons. The summed E-state index contributed by atoms with van der Waals surface area (Å²) < 4.78 is 21.7. The SMILES string of the molecule is COC(=O)C1=C(C(=O)OC)[C@H]2[C@@H]1[C@H]1C[C@@H]2c2c1c(OC)c1ccccc1c2OC. The first kappa shape index (κ1) is 18.0. The van der Waals surface area contributed by atoms with Gasteiger partial charge in [-0.05, 0) is 18.3 Å². The van der Waals surface area contributed by atoms with Crippen LogP contribution in [0.4, 0.5) is 0 Å². The van der Waals surface area contributed by atoms with Gasteiger partial charge in [0.15, 0.2) is 0 Å². The normalized spacial score (nSPS) is 25.9. The lowest BCUT2D eigenvalue weighted by Gasteiger charge is -2.43. The highest BCUT2D eigenvalue weighted by Crippen LogP contribution is 2.72. The van der Waals surface area contributed by atoms with Crippen LogP contribution in [-0.4, -0.2) is 40.4 Å². The van der Waals surface area contributed by atoms with E-state index in [0.29, 0.717) is 11.1 Å². The third-order valence-corrected chi connectivity index (χ3v) is 6.87. The number of carbonyl (C=O) groups is 2. The third-order valence-electron chi connectivity index (χ3n) is 6.87. The molecule has 0 spiro atoms. The van der Waals surface area contributed by atoms with Crippen LogP contribution in [0.1, 0.15) is 29.4 Å². The quantitative estimate of drug-likeness (QED) is 0.741. The molecule has 0 unspecified atom stereocenters. The summed E-state index contributed by atoms with van der Waals surface area (Å²) in [5.74, 6) is 0.797. The summed E-state index contributed by atoms with van der Waals surface area (Å²) in [4.78, 5) is 25.0. The predicted octanol–water partition coefficient (Wildman–Crippen LogP) is 3.33. The van der Waals surface area contributed by atoms with Gasteiger partial charge in [-0.1, -0.05) is 24.3 Å². The minimum absolute atomic E-state index is 0.0613. The number of fused-ring (bicyclic) bond motifs is 9. The molecule has 0 amide bonds. The zero-order chi connectivity index (χ0) is 20.4. The Labute approximate surface area is 168 Å². The minimum atomic E-state index is -0.451. The zero-order valence-electron chi connectivity index (χ0n) is 16.8. The molecule has 0 N–H and O–H groups in total. The fraction of sp³-hybridized carbons (Fsp3) is 0.391. The van der Waals surface area contributed by atoms with Gasteiger partial charge in [0.25, 0.3) is 0 Å². The van der Waals surface area contributed by atoms with Crippen LogP contribution in [0.2, 0.25) is 0 Å². The topological polar surface area (TPSA) is 71.1 Å². The fourth-order valence-corrected chi connectivity index (χ4v) is 5.99. The Bertz CT molecular complexity index is 1010. The molecule has 1 fully saturated rings. The van der Waals surface area contributed by atoms with Gasteiger partial charge in [0, 0.05) is 33.7 Å². The van der Waals surface area contributed by atoms with E-state index in [0.717, 1.165) is 39.8 Å². The highest BCUT2D eigenvalue weighted by molar-refractivity contribution is 6.06. The van der Waals surface area contributed by atoms with Gasteiger partial charge in [-0.3, -0.25) is 0 Å². The van der Waals surface area contributed by atoms with Crippen molar-refractivity contribution in [2.75, 3.05) is 28.4 Å². The standard InChI is InChI=1S/C23H22O6/c1-26-20-10-7-5-6-8-11(10)21(27-2)17-13-9-12(16(17)20)14-15(13)19(23(25)29-4)18(14)22(24)28-3/h5-8,12-15H,9H2,1-4H3/t12-,13+,14+,15-. The molecule has 6 nitrogen and oxygen atoms in total. The predicted molar refractivity (Wildman–Crippen MR) is 105 cm³/mol. The maximum atomic E-state index is 12.5. The van der Waals surface area contributed by atoms with E-state index in [1.54, 1.807) is 14.2 Å². The molecule has 0 heterocycles. The minimum Gasteiger partial charge on any atom is -0.496 e. The van der Waals surface area contributed by atoms with Crippen molar-refractivity contribution in [3.05, 3.63) is 46.5 Å². The smallest absolute Gasteiger partial charge is 0.334 e. The molecule has 2 aromatic rings. The Morgan fingerprint density at radius 3 is 1.52 bits per heavy atom. The van der Waals surface area contributed by atoms with Crippen LogP contribution in [0.3, 0.4) is 0 Å². The molecule has 29 heavy (non-hydrogen) atoms. The lowest BCUT2D eigenvalue weighted by Crippen LogP contribution is -2.42. The van der Waals surface area contributed by atoms with Crippen LogP contribution >= 0.6 is 0 Å². The molecule has 0 aromatic heterocycles. The molecule has 4 atom stereocenters. The first-order valence-corrected chi connectivity index (χ1v) is 9.66. The summed E-state index contributed by atoms with van der Waals surface area (Å²) in [6.07, 6.45) is 0.842. The summed E-state index contributed by atoms with van der Waals surface area (Å²) in [6, 6.07) is 8.01. The van der Waals surface area contributed by atoms with Gasteiger partial charge in [0.2, 0.25) is 0 Å². The largest absolute Gasteiger partial charge is 0.496 e. The second kappa shape index (κ2) is 6.24. The lowest BCUT2D eigenvalue weighted by atomic mass is 9.59. The monoisotopic (exact) mass is 394 g/mol. The number of hydrogen-bond acceptors (Lipinski definition) is 6. The van der Waals surface area contributed by atoms with Gasteiger partial charge in [-0.2, -0.15) is 0 Å². The van der Waals surface area contributed by atoms with Crippen molar-refractivity contribution in [3.8, 4) is 11.5 Å². The van der Waals surface area contributed by atoms with E-state index in [4.69, 9.17) is 18.9 Å². The van der Waals surface area contributed by atoms with E-state index in [9.17, 15) is 9.59 Å². The van der Waals surface area contributed by atoms with Gasteiger partial charge < -0.3 is 18.9 Å². The highest BCUT2D eigenvalue weighted by atomic mass is 16.5. The Balaban J connectivity index is 1.77. The molecule has 1 saturated carbocycles. The molecular weight excluding hydrogens is 372 g/mol. The summed E-state index contributed by atoms with van der Waals surface area (Å²) in [7, 11) is 6.04. The molecule has 2 aromatic carbocycles. The van der Waals surface area contributed by atoms with E-state index in [2.05, 4.69) is 0 Å². The summed E-state index contributed by atoms with van der Waals surface area (Å²) in [5.41, 5.74) is 3.10. The molecule has 3 aliphatic carbocycles. The van der Waals surface area contributed by atoms with Crippen LogP contribution in [0.25, 0.3) is 10.8 Å². The first-order chi connectivity index (χ1) is 14.1. The van der Waals surface area contributed by atoms with Gasteiger partial charge in [-0.15, -0.1) is 0 Å². The van der Waals surface area contributed by atoms with Crippen molar-refractivity contribution < 1.29 is 28.5 Å². The number of rotatable bonds is 4. The number of esters is 2. The maximum Gasteiger partial charge on any atom is 0.334 e. The van der Waals surface area contributed by atoms with Crippen LogP contribution in [0.15, 0.2) is 35.4 Å². The van der Waals surface area contributed by atoms with Crippen molar-refractivity contribution in [3.63, 3.8) is 0 Å². The van der Waals surface area contributed by atoms with Crippen LogP contribution in [0, 0.1) is 11.8 Å². The lowest BCUT2D eigenvalue weighted by molar-refractivity contribution is -0.142. The van der Waals surface area contributed by atoms with Crippen molar-refractivity contribution in [1.29, 1.82) is 0 Å². The summed E-state index contributed by atoms with van der Waals surface area (Å²) in [5, 5.41) is 1.98. The van der Waals surface area contributed by atoms with E-state index < -0.39 is 11.9 Å². The van der Waals surface area contributed by atoms with Crippen LogP contribution in [-0.2, 0) is 19.1 Å². The van der Waals surface area contributed by atoms with E-state index in [1.165, 1.54) is 14.2 Å². The number of ether oxygens (including phenoxy) is 4. The van der Waals surface area contributed by atoms with Gasteiger partial charge in [0.05, 0.1) is 39.6 Å². The highest BCUT2D eigenvalue weighted by Gasteiger charge is 2.64. The van der Waals surface area contributed by atoms with Crippen molar-refractivity contribution in [2.24, 2.45) is 11.8 Å². The van der Waals surface area contributed by atoms with E-state index in [-0.39, 0.29) is 23.7 Å². The Hall–Kier alpha value is -3.02. The Morgan fingerprint density at radius 2 is 1.17 bits per heavy atom. The fourth-order valence-electron chi connectivity index (χ4n) is 5.99. The van der Waals surface area contributed by atoms with Crippen LogP contribution in [0.5, 0.6) is 11.5 Å². The van der Waals surface area contributed by atoms with E-state index >= 15 is 0 Å². The summed E-state index contributed by atoms with van der Waals surface area (Å²) in [6.45, 7) is 0. The van der Waals surface area contributed by atoms with Crippen molar-refractivity contribution >= 4 is 22.7 Å². The Morgan fingerprint density at radius 1 is 0.759 bits per heavy atom. The second-order valence-corrected chi connectivity index (χ2v) is 7.75. The third kappa shape index (κ3) is 2.06. The Kier molecular flexibility index (Phi) is 3.88. The second-order valence-electron chi connectivity index (χ2n) is 7.75. The van der Waals surface area contributed by atoms with E-state index in [1.807, 2.05) is 24.3 Å². The van der Waals surface area contributed by atoms with Crippen molar-refractivity contribution in [1.82, 2.24) is 0 Å². The van der Waals surface area contributed by atoms with Gasteiger partial charge in [0.1, 0.15) is 11.5 Å². The molecule has 3 aliphatic rings. The molecule has 0 radical (unpaired) electrons. The van der Waals surface area contributed by atoms with Gasteiger partial charge in [-0.25, -0.2) is 9.59 Å². The molecule has 5 rings (SSSR count). The maximum absolute atomic E-state index is 12.5. The number of carbonyl (C=O) groups excluding carboxylic acids is 2. The van der Waals surface area contributed by atoms with Gasteiger partial charge >= 0.3 is 11.9 Å². The molecule has 6 heteroatoms. The number of hydrogen-bond donors (Lipinski definition) is 0. The number of methoxy groups -OCH3 is 4. The average Bonchev–Trinajstić information content (AvgIpc) is 3.24. The first-order valence-electron chi connectivity index (χ1n) is 9.66.